The summed E-state index contributed by atoms with van der Waals surface area (Å²) in [5.41, 5.74) is 1.93. The molecule has 128 valence electrons. The molecule has 2 heterocycles. The topological polar surface area (TPSA) is 72.4 Å². The summed E-state index contributed by atoms with van der Waals surface area (Å²) in [4.78, 5) is 8.46. The minimum atomic E-state index is -3.51. The van der Waals surface area contributed by atoms with E-state index in [9.17, 15) is 8.42 Å². The molecule has 0 saturated carbocycles. The Bertz CT molecular complexity index is 763. The highest BCUT2D eigenvalue weighted by Gasteiger charge is 2.29. The van der Waals surface area contributed by atoms with Crippen molar-refractivity contribution in [3.05, 3.63) is 54.1 Å². The highest BCUT2D eigenvalue weighted by atomic mass is 32.2. The van der Waals surface area contributed by atoms with Gasteiger partial charge in [-0.25, -0.2) is 18.4 Å². The molecule has 0 spiro atoms. The fraction of sp³-hybridized carbons (Fsp3) is 0.412. The summed E-state index contributed by atoms with van der Waals surface area (Å²) in [5.74, 6) is 0.0719. The van der Waals surface area contributed by atoms with Gasteiger partial charge in [0.2, 0.25) is 10.0 Å². The van der Waals surface area contributed by atoms with Gasteiger partial charge in [-0.05, 0) is 31.5 Å². The van der Waals surface area contributed by atoms with Crippen LogP contribution in [0.3, 0.4) is 0 Å². The normalized spacial score (nSPS) is 19.8. The molecule has 0 radical (unpaired) electrons. The predicted octanol–water partition coefficient (Wildman–Crippen LogP) is 1.66. The summed E-state index contributed by atoms with van der Waals surface area (Å²) in [5, 5.41) is 0. The van der Waals surface area contributed by atoms with Gasteiger partial charge in [-0.2, -0.15) is 4.31 Å². The molecule has 0 amide bonds. The smallest absolute Gasteiger partial charge is 0.243 e. The van der Waals surface area contributed by atoms with Gasteiger partial charge < -0.3 is 4.74 Å². The van der Waals surface area contributed by atoms with E-state index in [1.54, 1.807) is 18.3 Å². The minimum absolute atomic E-state index is 0.0719. The molecule has 1 saturated heterocycles. The van der Waals surface area contributed by atoms with E-state index >= 15 is 0 Å². The van der Waals surface area contributed by atoms with Crippen molar-refractivity contribution in [1.29, 1.82) is 0 Å². The Kier molecular flexibility index (Phi) is 5.23. The Balaban J connectivity index is 1.78. The molecule has 1 aromatic carbocycles. The van der Waals surface area contributed by atoms with Gasteiger partial charge in [0.25, 0.3) is 0 Å². The van der Waals surface area contributed by atoms with Crippen LogP contribution in [0.5, 0.6) is 0 Å². The molecule has 7 heteroatoms. The summed E-state index contributed by atoms with van der Waals surface area (Å²) in [6, 6.07) is 8.81. The third-order valence-electron chi connectivity index (χ3n) is 4.10. The van der Waals surface area contributed by atoms with Crippen LogP contribution < -0.4 is 0 Å². The molecule has 2 aromatic rings. The molecule has 0 aliphatic carbocycles. The van der Waals surface area contributed by atoms with Gasteiger partial charge in [0.15, 0.2) is 0 Å². The van der Waals surface area contributed by atoms with Crippen molar-refractivity contribution in [2.45, 2.75) is 18.2 Å². The zero-order valence-electron chi connectivity index (χ0n) is 13.6. The molecular weight excluding hydrogens is 326 g/mol. The lowest BCUT2D eigenvalue weighted by atomic mass is 10.0. The van der Waals surface area contributed by atoms with E-state index in [2.05, 4.69) is 9.97 Å². The van der Waals surface area contributed by atoms with Crippen molar-refractivity contribution < 1.29 is 13.2 Å². The maximum atomic E-state index is 12.9. The maximum Gasteiger partial charge on any atom is 0.243 e. The van der Waals surface area contributed by atoms with Crippen molar-refractivity contribution in [3.63, 3.8) is 0 Å². The molecule has 3 rings (SSSR count). The largest absolute Gasteiger partial charge is 0.380 e. The van der Waals surface area contributed by atoms with Crippen LogP contribution in [0.4, 0.5) is 0 Å². The quantitative estimate of drug-likeness (QED) is 0.841. The van der Waals surface area contributed by atoms with Gasteiger partial charge in [-0.3, -0.25) is 0 Å². The average Bonchev–Trinajstić information content (AvgIpc) is 2.82. The molecule has 6 nitrogen and oxygen atoms in total. The highest BCUT2D eigenvalue weighted by molar-refractivity contribution is 7.89. The van der Waals surface area contributed by atoms with Crippen molar-refractivity contribution >= 4 is 10.0 Å². The Labute approximate surface area is 142 Å². The number of sulfonamides is 1. The first-order valence-electron chi connectivity index (χ1n) is 7.95. The summed E-state index contributed by atoms with van der Waals surface area (Å²) in [6.07, 6.45) is 3.87. The SMILES string of the molecule is Cc1ccc(S(=O)(=O)N2CCOC[C@@H](Cc3ccncn3)C2)cc1. The van der Waals surface area contributed by atoms with Crippen LogP contribution >= 0.6 is 0 Å². The van der Waals surface area contributed by atoms with Crippen LogP contribution in [-0.4, -0.2) is 49.0 Å². The molecule has 1 atom stereocenters. The zero-order valence-corrected chi connectivity index (χ0v) is 14.4. The summed E-state index contributed by atoms with van der Waals surface area (Å²) < 4.78 is 32.9. The monoisotopic (exact) mass is 347 g/mol. The molecule has 1 aliphatic rings. The third-order valence-corrected chi connectivity index (χ3v) is 5.98. The van der Waals surface area contributed by atoms with Crippen molar-refractivity contribution in [1.82, 2.24) is 14.3 Å². The lowest BCUT2D eigenvalue weighted by Gasteiger charge is -2.23. The molecule has 0 unspecified atom stereocenters. The standard InChI is InChI=1S/C17H21N3O3S/c1-14-2-4-17(5-3-14)24(21,22)20-8-9-23-12-15(11-20)10-16-6-7-18-13-19-16/h2-7,13,15H,8-12H2,1H3/t15-/m0/s1. The first-order valence-corrected chi connectivity index (χ1v) is 9.39. The number of aromatic nitrogens is 2. The maximum absolute atomic E-state index is 12.9. The molecular formula is C17H21N3O3S. The van der Waals surface area contributed by atoms with Gasteiger partial charge in [0.1, 0.15) is 6.33 Å². The Morgan fingerprint density at radius 2 is 2.04 bits per heavy atom. The second kappa shape index (κ2) is 7.38. The number of benzene rings is 1. The summed E-state index contributed by atoms with van der Waals surface area (Å²) in [6.45, 7) is 3.68. The van der Waals surface area contributed by atoms with Crippen molar-refractivity contribution in [2.75, 3.05) is 26.3 Å². The van der Waals surface area contributed by atoms with E-state index in [1.807, 2.05) is 25.1 Å². The first-order chi connectivity index (χ1) is 11.6. The number of hydrogen-bond donors (Lipinski definition) is 0. The van der Waals surface area contributed by atoms with Crippen LogP contribution in [0.25, 0.3) is 0 Å². The second-order valence-electron chi connectivity index (χ2n) is 6.02. The van der Waals surface area contributed by atoms with Crippen LogP contribution in [0.2, 0.25) is 0 Å². The lowest BCUT2D eigenvalue weighted by Crippen LogP contribution is -2.36. The number of ether oxygens (including phenoxy) is 1. The average molecular weight is 347 g/mol. The van der Waals surface area contributed by atoms with Crippen LogP contribution in [0.1, 0.15) is 11.3 Å². The van der Waals surface area contributed by atoms with Gasteiger partial charge in [0, 0.05) is 30.9 Å². The van der Waals surface area contributed by atoms with Crippen LogP contribution in [0, 0.1) is 12.8 Å². The van der Waals surface area contributed by atoms with Crippen LogP contribution in [-0.2, 0) is 21.2 Å². The van der Waals surface area contributed by atoms with E-state index in [-0.39, 0.29) is 5.92 Å². The van der Waals surface area contributed by atoms with Crippen LogP contribution in [0.15, 0.2) is 47.8 Å². The molecule has 24 heavy (non-hydrogen) atoms. The number of rotatable bonds is 4. The highest BCUT2D eigenvalue weighted by Crippen LogP contribution is 2.21. The fourth-order valence-corrected chi connectivity index (χ4v) is 4.28. The Morgan fingerprint density at radius 3 is 2.75 bits per heavy atom. The number of hydrogen-bond acceptors (Lipinski definition) is 5. The van der Waals surface area contributed by atoms with Gasteiger partial charge in [-0.1, -0.05) is 17.7 Å². The van der Waals surface area contributed by atoms with E-state index in [4.69, 9.17) is 4.74 Å². The van der Waals surface area contributed by atoms with Crippen molar-refractivity contribution in [3.8, 4) is 0 Å². The second-order valence-corrected chi connectivity index (χ2v) is 7.96. The summed E-state index contributed by atoms with van der Waals surface area (Å²) >= 11 is 0. The lowest BCUT2D eigenvalue weighted by molar-refractivity contribution is 0.122. The third kappa shape index (κ3) is 3.98. The number of aryl methyl sites for hydroxylation is 1. The van der Waals surface area contributed by atoms with Gasteiger partial charge in [-0.15, -0.1) is 0 Å². The van der Waals surface area contributed by atoms with E-state index in [0.29, 0.717) is 37.6 Å². The predicted molar refractivity (Wildman–Crippen MR) is 90.0 cm³/mol. The Hall–Kier alpha value is -1.83. The molecule has 0 bridgehead atoms. The summed E-state index contributed by atoms with van der Waals surface area (Å²) in [7, 11) is -3.51. The molecule has 0 N–H and O–H groups in total. The van der Waals surface area contributed by atoms with E-state index < -0.39 is 10.0 Å². The zero-order chi connectivity index (χ0) is 17.0. The number of nitrogens with zero attached hydrogens (tertiary/aromatic N) is 3. The van der Waals surface area contributed by atoms with Gasteiger partial charge in [0.05, 0.1) is 18.1 Å². The minimum Gasteiger partial charge on any atom is -0.380 e. The molecule has 1 aromatic heterocycles. The first kappa shape index (κ1) is 17.0. The van der Waals surface area contributed by atoms with Gasteiger partial charge >= 0.3 is 0 Å². The van der Waals surface area contributed by atoms with E-state index in [0.717, 1.165) is 11.3 Å². The fourth-order valence-electron chi connectivity index (χ4n) is 2.78. The molecule has 1 fully saturated rings. The molecule has 1 aliphatic heterocycles. The van der Waals surface area contributed by atoms with Crippen molar-refractivity contribution in [2.24, 2.45) is 5.92 Å². The van der Waals surface area contributed by atoms with E-state index in [1.165, 1.54) is 10.6 Å². The Morgan fingerprint density at radius 1 is 1.25 bits per heavy atom.